The molecule has 0 spiro atoms. The molecular formula is C30H29FN6O3. The Morgan fingerprint density at radius 1 is 1.07 bits per heavy atom. The molecule has 10 heteroatoms. The Kier molecular flexibility index (Phi) is 8.09. The second-order valence-electron chi connectivity index (χ2n) is 9.64. The molecule has 204 valence electrons. The first-order chi connectivity index (χ1) is 19.4. The quantitative estimate of drug-likeness (QED) is 0.189. The topological polar surface area (TPSA) is 137 Å². The molecule has 1 fully saturated rings. The maximum atomic E-state index is 13.8. The number of ether oxygens (including phenoxy) is 1. The van der Waals surface area contributed by atoms with Crippen LogP contribution in [0.4, 0.5) is 15.8 Å². The molecule has 0 bridgehead atoms. The second kappa shape index (κ2) is 12.0. The van der Waals surface area contributed by atoms with Crippen molar-refractivity contribution < 1.29 is 19.0 Å². The molecule has 40 heavy (non-hydrogen) atoms. The van der Waals surface area contributed by atoms with Gasteiger partial charge in [0.25, 0.3) is 5.91 Å². The van der Waals surface area contributed by atoms with Gasteiger partial charge in [-0.15, -0.1) is 0 Å². The number of para-hydroxylation sites is 1. The molecule has 5 rings (SSSR count). The third-order valence-corrected chi connectivity index (χ3v) is 6.69. The lowest BCUT2D eigenvalue weighted by Gasteiger charge is -2.29. The molecule has 0 radical (unpaired) electrons. The smallest absolute Gasteiger partial charge is 0.274 e. The fourth-order valence-electron chi connectivity index (χ4n) is 4.49. The van der Waals surface area contributed by atoms with E-state index < -0.39 is 11.7 Å². The van der Waals surface area contributed by atoms with Crippen molar-refractivity contribution in [1.29, 1.82) is 5.41 Å². The third-order valence-electron chi connectivity index (χ3n) is 6.69. The number of likely N-dealkylation sites (tertiary alicyclic amines) is 1. The Labute approximate surface area is 231 Å². The SMILES string of the molecule is N=C(C(=O)Nc1ccc(Oc2ccccc2F)nc1)c1cc(-c2cncc(CN3CCC(O)CC3)c2)ccc1N. The van der Waals surface area contributed by atoms with Crippen molar-refractivity contribution in [1.82, 2.24) is 14.9 Å². The molecule has 4 aromatic rings. The van der Waals surface area contributed by atoms with Crippen LogP contribution in [0.15, 0.2) is 79.3 Å². The van der Waals surface area contributed by atoms with Gasteiger partial charge in [0, 0.05) is 54.9 Å². The van der Waals surface area contributed by atoms with E-state index >= 15 is 0 Å². The molecule has 5 N–H and O–H groups in total. The van der Waals surface area contributed by atoms with Gasteiger partial charge in [-0.05, 0) is 60.4 Å². The van der Waals surface area contributed by atoms with Crippen molar-refractivity contribution in [2.75, 3.05) is 24.1 Å². The first-order valence-corrected chi connectivity index (χ1v) is 12.9. The number of nitrogen functional groups attached to an aromatic ring is 1. The molecule has 1 amide bonds. The van der Waals surface area contributed by atoms with Crippen molar-refractivity contribution in [3.05, 3.63) is 96.2 Å². The molecule has 0 saturated carbocycles. The fourth-order valence-corrected chi connectivity index (χ4v) is 4.49. The summed E-state index contributed by atoms with van der Waals surface area (Å²) in [5, 5.41) is 20.9. The molecule has 1 aliphatic heterocycles. The molecule has 1 aliphatic rings. The summed E-state index contributed by atoms with van der Waals surface area (Å²) in [6, 6.07) is 16.3. The maximum Gasteiger partial charge on any atom is 0.274 e. The first-order valence-electron chi connectivity index (χ1n) is 12.9. The van der Waals surface area contributed by atoms with Gasteiger partial charge in [0.15, 0.2) is 11.6 Å². The summed E-state index contributed by atoms with van der Waals surface area (Å²) in [6.45, 7) is 2.40. The lowest BCUT2D eigenvalue weighted by Crippen LogP contribution is -2.35. The van der Waals surface area contributed by atoms with Crippen LogP contribution in [0.5, 0.6) is 11.6 Å². The van der Waals surface area contributed by atoms with E-state index in [-0.39, 0.29) is 29.0 Å². The largest absolute Gasteiger partial charge is 0.436 e. The van der Waals surface area contributed by atoms with E-state index in [1.165, 1.54) is 24.4 Å². The fraction of sp³-hybridized carbons (Fsp3) is 0.200. The average Bonchev–Trinajstić information content (AvgIpc) is 2.96. The number of amides is 1. The summed E-state index contributed by atoms with van der Waals surface area (Å²) in [6.07, 6.45) is 6.22. The van der Waals surface area contributed by atoms with Crippen LogP contribution in [0.3, 0.4) is 0 Å². The van der Waals surface area contributed by atoms with E-state index in [0.29, 0.717) is 11.4 Å². The van der Waals surface area contributed by atoms with Crippen molar-refractivity contribution in [3.63, 3.8) is 0 Å². The zero-order valence-corrected chi connectivity index (χ0v) is 21.7. The molecule has 1 saturated heterocycles. The highest BCUT2D eigenvalue weighted by molar-refractivity contribution is 6.48. The summed E-state index contributed by atoms with van der Waals surface area (Å²) >= 11 is 0. The number of carbonyl (C=O) groups excluding carboxylic acids is 1. The highest BCUT2D eigenvalue weighted by atomic mass is 19.1. The number of aliphatic hydroxyl groups is 1. The average molecular weight is 541 g/mol. The highest BCUT2D eigenvalue weighted by Gasteiger charge is 2.19. The summed E-state index contributed by atoms with van der Waals surface area (Å²) in [5.41, 5.74) is 9.43. The highest BCUT2D eigenvalue weighted by Crippen LogP contribution is 2.26. The van der Waals surface area contributed by atoms with Crippen molar-refractivity contribution >= 4 is 23.0 Å². The molecule has 9 nitrogen and oxygen atoms in total. The van der Waals surface area contributed by atoms with Crippen LogP contribution < -0.4 is 15.8 Å². The van der Waals surface area contributed by atoms with Crippen molar-refractivity contribution in [3.8, 4) is 22.8 Å². The Hall–Kier alpha value is -4.67. The van der Waals surface area contributed by atoms with E-state index in [9.17, 15) is 14.3 Å². The van der Waals surface area contributed by atoms with Crippen LogP contribution in [0, 0.1) is 11.2 Å². The number of halogens is 1. The van der Waals surface area contributed by atoms with E-state index in [2.05, 4.69) is 20.2 Å². The molecular weight excluding hydrogens is 511 g/mol. The number of nitrogens with one attached hydrogen (secondary N) is 2. The van der Waals surface area contributed by atoms with Crippen LogP contribution >= 0.6 is 0 Å². The monoisotopic (exact) mass is 540 g/mol. The predicted octanol–water partition coefficient (Wildman–Crippen LogP) is 4.62. The van der Waals surface area contributed by atoms with Gasteiger partial charge >= 0.3 is 0 Å². The van der Waals surface area contributed by atoms with Crippen LogP contribution in [-0.2, 0) is 11.3 Å². The van der Waals surface area contributed by atoms with Crippen molar-refractivity contribution in [2.24, 2.45) is 0 Å². The van der Waals surface area contributed by atoms with Crippen LogP contribution in [0.2, 0.25) is 0 Å². The number of aromatic nitrogens is 2. The number of aliphatic hydroxyl groups excluding tert-OH is 1. The lowest BCUT2D eigenvalue weighted by molar-refractivity contribution is -0.110. The number of benzene rings is 2. The molecule has 0 unspecified atom stereocenters. The number of nitrogens with two attached hydrogens (primary N) is 1. The van der Waals surface area contributed by atoms with Gasteiger partial charge in [0.1, 0.15) is 5.71 Å². The van der Waals surface area contributed by atoms with Gasteiger partial charge in [-0.2, -0.15) is 0 Å². The normalized spacial score (nSPS) is 14.1. The van der Waals surface area contributed by atoms with E-state index in [4.69, 9.17) is 15.9 Å². The van der Waals surface area contributed by atoms with Crippen LogP contribution in [0.1, 0.15) is 24.0 Å². The Morgan fingerprint density at radius 3 is 2.62 bits per heavy atom. The van der Waals surface area contributed by atoms with Gasteiger partial charge in [0.2, 0.25) is 5.88 Å². The summed E-state index contributed by atoms with van der Waals surface area (Å²) in [7, 11) is 0. The van der Waals surface area contributed by atoms with Crippen LogP contribution in [-0.4, -0.2) is 50.8 Å². The van der Waals surface area contributed by atoms with Gasteiger partial charge < -0.3 is 20.9 Å². The van der Waals surface area contributed by atoms with Crippen LogP contribution in [0.25, 0.3) is 11.1 Å². The summed E-state index contributed by atoms with van der Waals surface area (Å²) in [4.78, 5) is 23.7. The Balaban J connectivity index is 1.26. The number of hydrogen-bond acceptors (Lipinski definition) is 8. The zero-order chi connectivity index (χ0) is 28.1. The molecule has 3 heterocycles. The Morgan fingerprint density at radius 2 is 1.88 bits per heavy atom. The van der Waals surface area contributed by atoms with Gasteiger partial charge in [-0.25, -0.2) is 9.37 Å². The summed E-state index contributed by atoms with van der Waals surface area (Å²) < 4.78 is 19.3. The molecule has 2 aromatic carbocycles. The van der Waals surface area contributed by atoms with Gasteiger partial charge in [-0.1, -0.05) is 18.2 Å². The number of rotatable bonds is 8. The zero-order valence-electron chi connectivity index (χ0n) is 21.7. The standard InChI is InChI=1S/C30H29FN6O3/c31-25-3-1-2-4-27(25)40-28-8-6-22(17-35-28)36-30(39)29(33)24-14-20(5-7-26(24)32)21-13-19(15-34-16-21)18-37-11-9-23(38)10-12-37/h1-8,13-17,23,33,38H,9-12,18,32H2,(H,36,39). The van der Waals surface area contributed by atoms with Crippen molar-refractivity contribution in [2.45, 2.75) is 25.5 Å². The molecule has 2 aromatic heterocycles. The predicted molar refractivity (Wildman–Crippen MR) is 151 cm³/mol. The van der Waals surface area contributed by atoms with E-state index in [0.717, 1.165) is 49.2 Å². The van der Waals surface area contributed by atoms with E-state index in [1.807, 2.05) is 18.3 Å². The number of hydrogen-bond donors (Lipinski definition) is 4. The summed E-state index contributed by atoms with van der Waals surface area (Å²) in [5.74, 6) is -0.979. The number of anilines is 2. The Bertz CT molecular complexity index is 1520. The number of piperidine rings is 1. The number of pyridine rings is 2. The maximum absolute atomic E-state index is 13.8. The number of carbonyl (C=O) groups is 1. The third kappa shape index (κ3) is 6.48. The first kappa shape index (κ1) is 26.9. The minimum absolute atomic E-state index is 0.0380. The van der Waals surface area contributed by atoms with E-state index in [1.54, 1.807) is 36.5 Å². The minimum atomic E-state index is -0.660. The molecule has 0 aliphatic carbocycles. The lowest BCUT2D eigenvalue weighted by atomic mass is 9.99. The number of nitrogens with zero attached hydrogens (tertiary/aromatic N) is 3. The van der Waals surface area contributed by atoms with Gasteiger partial charge in [-0.3, -0.25) is 20.1 Å². The molecule has 0 atom stereocenters. The second-order valence-corrected chi connectivity index (χ2v) is 9.64. The van der Waals surface area contributed by atoms with Gasteiger partial charge in [0.05, 0.1) is 18.0 Å². The minimum Gasteiger partial charge on any atom is -0.436 e.